The Hall–Kier alpha value is -1.10. The van der Waals surface area contributed by atoms with Gasteiger partial charge in [0.25, 0.3) is 0 Å². The molecule has 0 aromatic carbocycles. The molecular weight excluding hydrogens is 287 g/mol. The SMILES string of the molecule is C.CC(=O)N(C)C(C)=O.CC1=CCCC1.CN1CCCCC1.[2HH].[B]. The summed E-state index contributed by atoms with van der Waals surface area (Å²) in [5, 5.41) is 0. The average Bonchev–Trinajstić information content (AvgIpc) is 2.91. The quantitative estimate of drug-likeness (QED) is 0.503. The fourth-order valence-electron chi connectivity index (χ4n) is 2.11. The molecule has 0 bridgehead atoms. The summed E-state index contributed by atoms with van der Waals surface area (Å²) in [5.41, 5.74) is 1.58. The number of likely N-dealkylation sites (tertiary alicyclic amines) is 1. The number of hydrogen-bond donors (Lipinski definition) is 0. The highest BCUT2D eigenvalue weighted by molar-refractivity contribution is 5.92. The van der Waals surface area contributed by atoms with Crippen molar-refractivity contribution < 1.29 is 11.0 Å². The van der Waals surface area contributed by atoms with Gasteiger partial charge in [-0.15, -0.1) is 0 Å². The van der Waals surface area contributed by atoms with E-state index in [0.29, 0.717) is 0 Å². The molecule has 0 aromatic rings. The molecule has 23 heavy (non-hydrogen) atoms. The lowest BCUT2D eigenvalue weighted by atomic mass is 10.1. The second-order valence-corrected chi connectivity index (χ2v) is 5.90. The lowest BCUT2D eigenvalue weighted by molar-refractivity contribution is -0.140. The van der Waals surface area contributed by atoms with Crippen molar-refractivity contribution in [2.45, 2.75) is 66.7 Å². The van der Waals surface area contributed by atoms with Gasteiger partial charge in [0, 0.05) is 30.7 Å². The van der Waals surface area contributed by atoms with E-state index in [-0.39, 0.29) is 29.1 Å². The van der Waals surface area contributed by atoms with Gasteiger partial charge in [-0.25, -0.2) is 0 Å². The van der Waals surface area contributed by atoms with Crippen LogP contribution < -0.4 is 0 Å². The minimum absolute atomic E-state index is 0. The molecule has 0 unspecified atom stereocenters. The maximum Gasteiger partial charge on any atom is 0.225 e. The Labute approximate surface area is 147 Å². The summed E-state index contributed by atoms with van der Waals surface area (Å²) >= 11 is 0. The van der Waals surface area contributed by atoms with Crippen molar-refractivity contribution in [3.8, 4) is 0 Å². The van der Waals surface area contributed by atoms with Crippen LogP contribution in [0.1, 0.15) is 68.1 Å². The smallest absolute Gasteiger partial charge is 0.225 e. The van der Waals surface area contributed by atoms with Crippen LogP contribution >= 0.6 is 0 Å². The number of allylic oxidation sites excluding steroid dienone is 2. The van der Waals surface area contributed by atoms with Crippen LogP contribution in [0.5, 0.6) is 0 Å². The van der Waals surface area contributed by atoms with Crippen molar-refractivity contribution in [2.75, 3.05) is 27.2 Å². The summed E-state index contributed by atoms with van der Waals surface area (Å²) < 4.78 is 0. The zero-order valence-corrected chi connectivity index (χ0v) is 15.0. The first kappa shape index (κ1) is 26.8. The molecule has 2 amide bonds. The van der Waals surface area contributed by atoms with Crippen LogP contribution in [0.2, 0.25) is 0 Å². The maximum atomic E-state index is 10.3. The lowest BCUT2D eigenvalue weighted by Crippen LogP contribution is -2.28. The van der Waals surface area contributed by atoms with E-state index in [9.17, 15) is 9.59 Å². The molecule has 1 fully saturated rings. The van der Waals surface area contributed by atoms with E-state index in [4.69, 9.17) is 0 Å². The maximum absolute atomic E-state index is 10.3. The third kappa shape index (κ3) is 15.6. The fourth-order valence-corrected chi connectivity index (χ4v) is 2.11. The largest absolute Gasteiger partial charge is 0.306 e. The number of hydrogen-bond acceptors (Lipinski definition) is 3. The third-order valence-corrected chi connectivity index (χ3v) is 3.79. The highest BCUT2D eigenvalue weighted by atomic mass is 16.2. The number of rotatable bonds is 0. The molecule has 0 spiro atoms. The van der Waals surface area contributed by atoms with Crippen LogP contribution in [0.25, 0.3) is 0 Å². The van der Waals surface area contributed by atoms with Crippen LogP contribution in [-0.4, -0.2) is 57.2 Å². The van der Waals surface area contributed by atoms with Gasteiger partial charge in [0.15, 0.2) is 0 Å². The summed E-state index contributed by atoms with van der Waals surface area (Å²) in [5.74, 6) is -0.449. The normalized spacial score (nSPS) is 16.1. The van der Waals surface area contributed by atoms with Crippen molar-refractivity contribution in [3.63, 3.8) is 0 Å². The van der Waals surface area contributed by atoms with Crippen molar-refractivity contribution >= 4 is 20.2 Å². The lowest BCUT2D eigenvalue weighted by Gasteiger charge is -2.20. The number of nitrogens with zero attached hydrogens (tertiary/aromatic N) is 2. The molecule has 3 radical (unpaired) electrons. The fraction of sp³-hybridized carbons (Fsp3) is 0.778. The first-order valence-electron chi connectivity index (χ1n) is 7.93. The van der Waals surface area contributed by atoms with Crippen molar-refractivity contribution in [1.82, 2.24) is 9.80 Å². The molecule has 1 heterocycles. The molecule has 0 N–H and O–H groups in total. The van der Waals surface area contributed by atoms with Gasteiger partial charge in [-0.2, -0.15) is 0 Å². The molecule has 5 heteroatoms. The summed E-state index contributed by atoms with van der Waals surface area (Å²) in [6.07, 6.45) is 10.7. The zero-order chi connectivity index (χ0) is 16.3. The van der Waals surface area contributed by atoms with Crippen molar-refractivity contribution in [1.29, 1.82) is 0 Å². The summed E-state index contributed by atoms with van der Waals surface area (Å²) in [4.78, 5) is 24.0. The molecule has 4 nitrogen and oxygen atoms in total. The number of imide groups is 1. The van der Waals surface area contributed by atoms with Gasteiger partial charge in [-0.3, -0.25) is 14.5 Å². The minimum Gasteiger partial charge on any atom is -0.306 e. The topological polar surface area (TPSA) is 40.6 Å². The molecule has 2 rings (SSSR count). The second-order valence-electron chi connectivity index (χ2n) is 5.90. The van der Waals surface area contributed by atoms with Crippen LogP contribution in [0, 0.1) is 0 Å². The average molecular weight is 326 g/mol. The Morgan fingerprint density at radius 1 is 1.09 bits per heavy atom. The third-order valence-electron chi connectivity index (χ3n) is 3.79. The first-order valence-corrected chi connectivity index (χ1v) is 7.93. The Morgan fingerprint density at radius 3 is 1.70 bits per heavy atom. The van der Waals surface area contributed by atoms with E-state index in [0.717, 1.165) is 4.90 Å². The first-order chi connectivity index (χ1) is 9.84. The van der Waals surface area contributed by atoms with Crippen LogP contribution in [0.3, 0.4) is 0 Å². The molecule has 2 aliphatic rings. The highest BCUT2D eigenvalue weighted by Crippen LogP contribution is 2.15. The van der Waals surface area contributed by atoms with E-state index >= 15 is 0 Å². The summed E-state index contributed by atoms with van der Waals surface area (Å²) in [7, 11) is 3.64. The number of piperidine rings is 1. The van der Waals surface area contributed by atoms with Crippen LogP contribution in [-0.2, 0) is 9.59 Å². The minimum atomic E-state index is -0.225. The molecule has 1 aliphatic carbocycles. The van der Waals surface area contributed by atoms with Gasteiger partial charge >= 0.3 is 0 Å². The van der Waals surface area contributed by atoms with E-state index in [1.54, 1.807) is 5.57 Å². The molecular formula is C18H38BN2O2. The summed E-state index contributed by atoms with van der Waals surface area (Å²) in [6, 6.07) is 0. The number of carbonyl (C=O) groups is 2. The number of carbonyl (C=O) groups excluding carboxylic acids is 2. The predicted molar refractivity (Wildman–Crippen MR) is 103 cm³/mol. The molecule has 1 aliphatic heterocycles. The standard InChI is InChI=1S/C6H13N.C6H10.C5H9NO2.CH4.B.H2/c1-7-5-3-2-4-6-7;1-6-4-2-3-5-6;1-4(7)6(3)5(2)8;;;/h2-6H2,1H3;4H,2-3,5H2,1H3;1-3H3;1H4;;1H/i;;;;;1+1. The van der Waals surface area contributed by atoms with Gasteiger partial charge in [-0.05, 0) is 59.2 Å². The Bertz CT molecular complexity index is 343. The molecule has 0 saturated carbocycles. The van der Waals surface area contributed by atoms with Crippen LogP contribution in [0.4, 0.5) is 0 Å². The van der Waals surface area contributed by atoms with Gasteiger partial charge in [-0.1, -0.05) is 25.5 Å². The number of amides is 2. The van der Waals surface area contributed by atoms with E-state index in [1.165, 1.54) is 72.5 Å². The van der Waals surface area contributed by atoms with Gasteiger partial charge in [0.05, 0.1) is 0 Å². The second kappa shape index (κ2) is 15.8. The molecule has 1 saturated heterocycles. The summed E-state index contributed by atoms with van der Waals surface area (Å²) in [6.45, 7) is 7.54. The van der Waals surface area contributed by atoms with E-state index in [2.05, 4.69) is 24.9 Å². The zero-order valence-electron chi connectivity index (χ0n) is 15.0. The van der Waals surface area contributed by atoms with Gasteiger partial charge < -0.3 is 4.90 Å². The molecule has 0 atom stereocenters. The Balaban J connectivity index is -0.000000118. The van der Waals surface area contributed by atoms with E-state index < -0.39 is 0 Å². The molecule has 135 valence electrons. The predicted octanol–water partition coefficient (Wildman–Crippen LogP) is 3.73. The van der Waals surface area contributed by atoms with Crippen LogP contribution in [0.15, 0.2) is 11.6 Å². The van der Waals surface area contributed by atoms with Crippen molar-refractivity contribution in [2.24, 2.45) is 0 Å². The Kier molecular flexibility index (Phi) is 18.4. The van der Waals surface area contributed by atoms with Gasteiger partial charge in [0.2, 0.25) is 11.8 Å². The Morgan fingerprint density at radius 2 is 1.57 bits per heavy atom. The van der Waals surface area contributed by atoms with Gasteiger partial charge in [0.1, 0.15) is 0 Å². The van der Waals surface area contributed by atoms with E-state index in [1.807, 2.05) is 0 Å². The highest BCUT2D eigenvalue weighted by Gasteiger charge is 2.04. The monoisotopic (exact) mass is 326 g/mol. The molecule has 0 aromatic heterocycles. The van der Waals surface area contributed by atoms with Crippen molar-refractivity contribution in [3.05, 3.63) is 11.6 Å².